The summed E-state index contributed by atoms with van der Waals surface area (Å²) in [6.07, 6.45) is -0.126. The molecule has 0 aliphatic carbocycles. The van der Waals surface area contributed by atoms with E-state index in [1.165, 1.54) is 19.3 Å². The van der Waals surface area contributed by atoms with E-state index in [0.717, 1.165) is 6.07 Å². The maximum Gasteiger partial charge on any atom is 0.408 e. The molecule has 0 radical (unpaired) electrons. The van der Waals surface area contributed by atoms with Gasteiger partial charge < -0.3 is 24.3 Å². The molecule has 1 aromatic rings. The summed E-state index contributed by atoms with van der Waals surface area (Å²) in [4.78, 5) is 49.7. The monoisotopic (exact) mass is 528 g/mol. The van der Waals surface area contributed by atoms with Crippen molar-refractivity contribution in [1.29, 1.82) is 0 Å². The van der Waals surface area contributed by atoms with Crippen LogP contribution >= 0.6 is 12.6 Å². The quantitative estimate of drug-likeness (QED) is 0.123. The molecule has 3 atom stereocenters. The Labute approximate surface area is 212 Å². The number of thiol groups is 1. The van der Waals surface area contributed by atoms with Crippen LogP contribution < -0.4 is 5.32 Å². The standard InChI is InChI=1S/C23H29FN2O9S/c1-6-7-33-19(28)23(10-13-8-14(11-32-5)17(26(30)31)15(24)9-13)18(27)16(12-34-20(23)36)25-21(29)35-22(2,3)4/h6,8-9,16,20,36H,1,7,10-12H2,2-5H3,(H,25,29). The number of carbonyl (C=O) groups is 3. The molecule has 198 valence electrons. The molecule has 13 heteroatoms. The molecule has 0 bridgehead atoms. The van der Waals surface area contributed by atoms with Gasteiger partial charge in [-0.1, -0.05) is 12.7 Å². The molecule has 1 saturated heterocycles. The Morgan fingerprint density at radius 2 is 2.08 bits per heavy atom. The van der Waals surface area contributed by atoms with E-state index in [4.69, 9.17) is 18.9 Å². The number of hydrogen-bond donors (Lipinski definition) is 2. The topological polar surface area (TPSA) is 143 Å². The summed E-state index contributed by atoms with van der Waals surface area (Å²) in [5, 5.41) is 13.7. The van der Waals surface area contributed by atoms with Crippen LogP contribution in [0.4, 0.5) is 14.9 Å². The number of alkyl carbamates (subject to hydrolysis) is 1. The summed E-state index contributed by atoms with van der Waals surface area (Å²) in [7, 11) is 1.28. The summed E-state index contributed by atoms with van der Waals surface area (Å²) >= 11 is 4.30. The predicted molar refractivity (Wildman–Crippen MR) is 128 cm³/mol. The fraction of sp³-hybridized carbons (Fsp3) is 0.522. The molecule has 1 amide bonds. The Balaban J connectivity index is 2.55. The van der Waals surface area contributed by atoms with Gasteiger partial charge in [0.25, 0.3) is 0 Å². The third kappa shape index (κ3) is 6.59. The molecule has 1 N–H and O–H groups in total. The van der Waals surface area contributed by atoms with E-state index in [0.29, 0.717) is 0 Å². The van der Waals surface area contributed by atoms with Crippen LogP contribution in [0.2, 0.25) is 0 Å². The van der Waals surface area contributed by atoms with Crippen LogP contribution in [0.1, 0.15) is 31.9 Å². The second-order valence-electron chi connectivity index (χ2n) is 9.06. The van der Waals surface area contributed by atoms with Gasteiger partial charge in [0.1, 0.15) is 23.7 Å². The van der Waals surface area contributed by atoms with E-state index in [9.17, 15) is 28.9 Å². The van der Waals surface area contributed by atoms with Crippen LogP contribution in [-0.2, 0) is 41.6 Å². The van der Waals surface area contributed by atoms with Crippen LogP contribution in [0.25, 0.3) is 0 Å². The number of nitrogens with zero attached hydrogens (tertiary/aromatic N) is 1. The zero-order valence-electron chi connectivity index (χ0n) is 20.4. The first-order valence-electron chi connectivity index (χ1n) is 10.8. The van der Waals surface area contributed by atoms with Gasteiger partial charge in [-0.15, -0.1) is 12.6 Å². The summed E-state index contributed by atoms with van der Waals surface area (Å²) in [6.45, 7) is 7.50. The lowest BCUT2D eigenvalue weighted by atomic mass is 9.74. The van der Waals surface area contributed by atoms with Gasteiger partial charge in [-0.25, -0.2) is 4.79 Å². The number of rotatable bonds is 9. The molecular formula is C23H29FN2O9S. The fourth-order valence-electron chi connectivity index (χ4n) is 3.72. The Morgan fingerprint density at radius 3 is 2.64 bits per heavy atom. The second kappa shape index (κ2) is 11.8. The maximum atomic E-state index is 14.7. The highest BCUT2D eigenvalue weighted by Crippen LogP contribution is 2.40. The number of ether oxygens (including phenoxy) is 4. The van der Waals surface area contributed by atoms with E-state index in [1.54, 1.807) is 20.8 Å². The number of esters is 1. The van der Waals surface area contributed by atoms with Crippen molar-refractivity contribution in [3.05, 3.63) is 51.8 Å². The van der Waals surface area contributed by atoms with Gasteiger partial charge in [0.2, 0.25) is 5.82 Å². The maximum absolute atomic E-state index is 14.7. The Kier molecular flexibility index (Phi) is 9.57. The highest BCUT2D eigenvalue weighted by Gasteiger charge is 2.58. The van der Waals surface area contributed by atoms with Crippen LogP contribution in [0.5, 0.6) is 0 Å². The lowest BCUT2D eigenvalue weighted by molar-refractivity contribution is -0.388. The summed E-state index contributed by atoms with van der Waals surface area (Å²) in [5.41, 5.74) is -5.19. The third-order valence-electron chi connectivity index (χ3n) is 5.15. The van der Waals surface area contributed by atoms with Crippen molar-refractivity contribution >= 4 is 36.2 Å². The minimum absolute atomic E-state index is 0.0506. The third-order valence-corrected chi connectivity index (χ3v) is 5.74. The predicted octanol–water partition coefficient (Wildman–Crippen LogP) is 2.89. The zero-order chi connectivity index (χ0) is 27.3. The number of ketones is 1. The molecule has 1 heterocycles. The number of carbonyl (C=O) groups excluding carboxylic acids is 3. The highest BCUT2D eigenvalue weighted by molar-refractivity contribution is 7.80. The van der Waals surface area contributed by atoms with Gasteiger partial charge in [-0.2, -0.15) is 4.39 Å². The molecule has 1 fully saturated rings. The van der Waals surface area contributed by atoms with Gasteiger partial charge in [0.15, 0.2) is 11.2 Å². The van der Waals surface area contributed by atoms with Crippen molar-refractivity contribution in [1.82, 2.24) is 5.32 Å². The van der Waals surface area contributed by atoms with E-state index >= 15 is 0 Å². The molecule has 2 rings (SSSR count). The first-order valence-corrected chi connectivity index (χ1v) is 11.3. The summed E-state index contributed by atoms with van der Waals surface area (Å²) in [6, 6.07) is 0.783. The van der Waals surface area contributed by atoms with Crippen molar-refractivity contribution in [2.75, 3.05) is 20.3 Å². The Morgan fingerprint density at radius 1 is 1.42 bits per heavy atom. The van der Waals surface area contributed by atoms with Crippen molar-refractivity contribution in [3.63, 3.8) is 0 Å². The number of hydrogen-bond acceptors (Lipinski definition) is 10. The average molecular weight is 529 g/mol. The van der Waals surface area contributed by atoms with E-state index in [1.807, 2.05) is 0 Å². The van der Waals surface area contributed by atoms with Crippen molar-refractivity contribution < 1.29 is 42.6 Å². The van der Waals surface area contributed by atoms with Crippen LogP contribution in [0, 0.1) is 21.3 Å². The number of nitro groups is 1. The summed E-state index contributed by atoms with van der Waals surface area (Å²) in [5.74, 6) is -3.03. The van der Waals surface area contributed by atoms with E-state index in [2.05, 4.69) is 24.5 Å². The molecule has 1 aliphatic heterocycles. The number of amides is 1. The first kappa shape index (κ1) is 29.2. The second-order valence-corrected chi connectivity index (χ2v) is 9.53. The number of methoxy groups -OCH3 is 1. The number of Topliss-reactive ketones (excluding diaryl/α,β-unsaturated/α-hetero) is 1. The molecule has 11 nitrogen and oxygen atoms in total. The van der Waals surface area contributed by atoms with Crippen LogP contribution in [0.3, 0.4) is 0 Å². The van der Waals surface area contributed by atoms with Gasteiger partial charge >= 0.3 is 17.7 Å². The SMILES string of the molecule is C=CCOC(=O)C1(Cc2cc(F)c([N+](=O)[O-])c(COC)c2)C(=O)C(NC(=O)OC(C)(C)C)COC1S. The normalized spacial score (nSPS) is 22.0. The van der Waals surface area contributed by atoms with E-state index in [-0.39, 0.29) is 30.9 Å². The van der Waals surface area contributed by atoms with Crippen LogP contribution in [0.15, 0.2) is 24.8 Å². The number of nitrogens with one attached hydrogen (secondary N) is 1. The first-order chi connectivity index (χ1) is 16.8. The van der Waals surface area contributed by atoms with Crippen molar-refractivity contribution in [2.45, 2.75) is 50.9 Å². The number of nitro benzene ring substituents is 1. The molecule has 1 aliphatic rings. The largest absolute Gasteiger partial charge is 0.461 e. The van der Waals surface area contributed by atoms with Gasteiger partial charge in [0, 0.05) is 7.11 Å². The number of halogens is 1. The molecule has 1 aromatic carbocycles. The molecule has 36 heavy (non-hydrogen) atoms. The molecular weight excluding hydrogens is 499 g/mol. The lowest BCUT2D eigenvalue weighted by Crippen LogP contribution is -2.63. The number of benzene rings is 1. The Bertz CT molecular complexity index is 1040. The van der Waals surface area contributed by atoms with Gasteiger partial charge in [0.05, 0.1) is 23.7 Å². The molecule has 0 aromatic heterocycles. The fourth-order valence-corrected chi connectivity index (χ4v) is 4.13. The highest BCUT2D eigenvalue weighted by atomic mass is 32.1. The summed E-state index contributed by atoms with van der Waals surface area (Å²) < 4.78 is 35.6. The van der Waals surface area contributed by atoms with E-state index < -0.39 is 63.2 Å². The van der Waals surface area contributed by atoms with Crippen molar-refractivity contribution in [2.24, 2.45) is 5.41 Å². The van der Waals surface area contributed by atoms with Crippen molar-refractivity contribution in [3.8, 4) is 0 Å². The van der Waals surface area contributed by atoms with Crippen LogP contribution in [-0.4, -0.2) is 60.2 Å². The molecule has 0 saturated carbocycles. The zero-order valence-corrected chi connectivity index (χ0v) is 21.3. The lowest BCUT2D eigenvalue weighted by Gasteiger charge is -2.41. The minimum Gasteiger partial charge on any atom is -0.461 e. The smallest absolute Gasteiger partial charge is 0.408 e. The molecule has 0 spiro atoms. The Hall–Kier alpha value is -3.03. The average Bonchev–Trinajstić information content (AvgIpc) is 2.75. The molecule has 3 unspecified atom stereocenters. The van der Waals surface area contributed by atoms with Gasteiger partial charge in [-0.3, -0.25) is 19.7 Å². The minimum atomic E-state index is -2.14. The van der Waals surface area contributed by atoms with Gasteiger partial charge in [-0.05, 0) is 44.9 Å².